The number of anilines is 1. The standard InChI is InChI=1S/C9H11F3N2O/c1-4-2-3-5(13)7(15)6(4)8(14)9(10,11)12/h2-3,8,15H,13-14H2,1H3/t8-/m0/s1. The third-order valence-electron chi connectivity index (χ3n) is 2.13. The maximum Gasteiger partial charge on any atom is 0.407 e. The smallest absolute Gasteiger partial charge is 0.407 e. The molecule has 0 radical (unpaired) electrons. The molecule has 1 rings (SSSR count). The number of halogens is 3. The van der Waals surface area contributed by atoms with Gasteiger partial charge in [-0.25, -0.2) is 0 Å². The normalized spacial score (nSPS) is 13.9. The van der Waals surface area contributed by atoms with Crippen molar-refractivity contribution in [3.8, 4) is 5.75 Å². The summed E-state index contributed by atoms with van der Waals surface area (Å²) in [5, 5.41) is 9.41. The van der Waals surface area contributed by atoms with Gasteiger partial charge in [0.15, 0.2) is 0 Å². The lowest BCUT2D eigenvalue weighted by Gasteiger charge is -2.19. The Morgan fingerprint density at radius 3 is 2.33 bits per heavy atom. The Labute approximate surface area is 84.5 Å². The van der Waals surface area contributed by atoms with Crippen LogP contribution in [-0.2, 0) is 0 Å². The molecule has 3 nitrogen and oxygen atoms in total. The van der Waals surface area contributed by atoms with E-state index in [1.807, 2.05) is 0 Å². The van der Waals surface area contributed by atoms with Crippen LogP contribution in [-0.4, -0.2) is 11.3 Å². The summed E-state index contributed by atoms with van der Waals surface area (Å²) in [6, 6.07) is 0.494. The first-order chi connectivity index (χ1) is 6.75. The molecule has 0 aliphatic heterocycles. The minimum Gasteiger partial charge on any atom is -0.505 e. The quantitative estimate of drug-likeness (QED) is 0.499. The maximum absolute atomic E-state index is 12.3. The number of phenols is 1. The van der Waals surface area contributed by atoms with Gasteiger partial charge in [0.25, 0.3) is 0 Å². The molecule has 15 heavy (non-hydrogen) atoms. The Hall–Kier alpha value is -1.43. The van der Waals surface area contributed by atoms with Crippen molar-refractivity contribution in [2.24, 2.45) is 5.73 Å². The van der Waals surface area contributed by atoms with E-state index in [9.17, 15) is 18.3 Å². The predicted octanol–water partition coefficient (Wildman–Crippen LogP) is 1.84. The number of benzene rings is 1. The van der Waals surface area contributed by atoms with Crippen LogP contribution in [0.1, 0.15) is 17.2 Å². The van der Waals surface area contributed by atoms with Crippen molar-refractivity contribution in [2.75, 3.05) is 5.73 Å². The molecule has 0 fully saturated rings. The molecule has 1 aromatic carbocycles. The third kappa shape index (κ3) is 2.15. The molecule has 0 aromatic heterocycles. The molecular weight excluding hydrogens is 209 g/mol. The second-order valence-corrected chi connectivity index (χ2v) is 3.25. The monoisotopic (exact) mass is 220 g/mol. The Kier molecular flexibility index (Phi) is 2.81. The minimum atomic E-state index is -4.60. The second kappa shape index (κ2) is 3.62. The molecular formula is C9H11F3N2O. The average Bonchev–Trinajstić information content (AvgIpc) is 2.10. The van der Waals surface area contributed by atoms with Crippen molar-refractivity contribution < 1.29 is 18.3 Å². The number of aryl methyl sites for hydroxylation is 1. The van der Waals surface area contributed by atoms with E-state index in [0.717, 1.165) is 0 Å². The summed E-state index contributed by atoms with van der Waals surface area (Å²) < 4.78 is 37.0. The second-order valence-electron chi connectivity index (χ2n) is 3.25. The van der Waals surface area contributed by atoms with Crippen LogP contribution in [0.15, 0.2) is 12.1 Å². The van der Waals surface area contributed by atoms with Gasteiger partial charge in [0, 0.05) is 5.56 Å². The SMILES string of the molecule is Cc1ccc(N)c(O)c1[C@H](N)C(F)(F)F. The summed E-state index contributed by atoms with van der Waals surface area (Å²) in [6.07, 6.45) is -4.60. The fraction of sp³-hybridized carbons (Fsp3) is 0.333. The van der Waals surface area contributed by atoms with Crippen molar-refractivity contribution in [2.45, 2.75) is 19.1 Å². The van der Waals surface area contributed by atoms with Gasteiger partial charge in [-0.2, -0.15) is 13.2 Å². The molecule has 6 heteroatoms. The van der Waals surface area contributed by atoms with Gasteiger partial charge in [-0.15, -0.1) is 0 Å². The molecule has 0 amide bonds. The highest BCUT2D eigenvalue weighted by Crippen LogP contribution is 2.39. The van der Waals surface area contributed by atoms with Crippen molar-refractivity contribution in [3.05, 3.63) is 23.3 Å². The molecule has 0 aliphatic carbocycles. The van der Waals surface area contributed by atoms with E-state index in [2.05, 4.69) is 0 Å². The Balaban J connectivity index is 3.31. The van der Waals surface area contributed by atoms with Crippen LogP contribution >= 0.6 is 0 Å². The molecule has 0 unspecified atom stereocenters. The van der Waals surface area contributed by atoms with E-state index < -0.39 is 18.0 Å². The van der Waals surface area contributed by atoms with Gasteiger partial charge in [-0.05, 0) is 18.6 Å². The largest absolute Gasteiger partial charge is 0.505 e. The van der Waals surface area contributed by atoms with Crippen LogP contribution < -0.4 is 11.5 Å². The lowest BCUT2D eigenvalue weighted by Crippen LogP contribution is -2.29. The number of nitrogen functional groups attached to an aromatic ring is 1. The molecule has 0 spiro atoms. The lowest BCUT2D eigenvalue weighted by atomic mass is 9.99. The average molecular weight is 220 g/mol. The van der Waals surface area contributed by atoms with E-state index in [-0.39, 0.29) is 16.8 Å². The predicted molar refractivity (Wildman–Crippen MR) is 50.2 cm³/mol. The van der Waals surface area contributed by atoms with Crippen LogP contribution in [0.3, 0.4) is 0 Å². The van der Waals surface area contributed by atoms with Gasteiger partial charge in [-0.1, -0.05) is 6.07 Å². The fourth-order valence-corrected chi connectivity index (χ4v) is 1.28. The van der Waals surface area contributed by atoms with Gasteiger partial charge in [0.2, 0.25) is 0 Å². The van der Waals surface area contributed by atoms with E-state index in [1.165, 1.54) is 19.1 Å². The molecule has 0 saturated carbocycles. The topological polar surface area (TPSA) is 72.3 Å². The highest BCUT2D eigenvalue weighted by atomic mass is 19.4. The molecule has 0 aliphatic rings. The third-order valence-corrected chi connectivity index (χ3v) is 2.13. The van der Waals surface area contributed by atoms with E-state index in [4.69, 9.17) is 11.5 Å². The summed E-state index contributed by atoms with van der Waals surface area (Å²) in [4.78, 5) is 0. The number of hydrogen-bond donors (Lipinski definition) is 3. The lowest BCUT2D eigenvalue weighted by molar-refractivity contribution is -0.149. The fourth-order valence-electron chi connectivity index (χ4n) is 1.28. The molecule has 5 N–H and O–H groups in total. The summed E-state index contributed by atoms with van der Waals surface area (Å²) in [5.41, 5.74) is 10.1. The van der Waals surface area contributed by atoms with Crippen LogP contribution in [0.5, 0.6) is 5.75 Å². The first-order valence-corrected chi connectivity index (χ1v) is 4.15. The summed E-state index contributed by atoms with van der Waals surface area (Å²) in [6.45, 7) is 1.43. The summed E-state index contributed by atoms with van der Waals surface area (Å²) >= 11 is 0. The summed E-state index contributed by atoms with van der Waals surface area (Å²) in [5.74, 6) is -0.597. The van der Waals surface area contributed by atoms with Crippen molar-refractivity contribution in [3.63, 3.8) is 0 Å². The van der Waals surface area contributed by atoms with Gasteiger partial charge in [0.1, 0.15) is 11.8 Å². The number of nitrogens with two attached hydrogens (primary N) is 2. The molecule has 0 heterocycles. The molecule has 0 bridgehead atoms. The number of rotatable bonds is 1. The molecule has 1 atom stereocenters. The zero-order chi connectivity index (χ0) is 11.8. The Bertz CT molecular complexity index is 376. The number of phenolic OH excluding ortho intramolecular Hbond substituents is 1. The van der Waals surface area contributed by atoms with Gasteiger partial charge >= 0.3 is 6.18 Å². The van der Waals surface area contributed by atoms with Gasteiger partial charge < -0.3 is 16.6 Å². The number of hydrogen-bond acceptors (Lipinski definition) is 3. The minimum absolute atomic E-state index is 0.115. The first-order valence-electron chi connectivity index (χ1n) is 4.15. The van der Waals surface area contributed by atoms with Crippen LogP contribution in [0.4, 0.5) is 18.9 Å². The zero-order valence-corrected chi connectivity index (χ0v) is 7.97. The van der Waals surface area contributed by atoms with Crippen LogP contribution in [0, 0.1) is 6.92 Å². The van der Waals surface area contributed by atoms with E-state index >= 15 is 0 Å². The Morgan fingerprint density at radius 1 is 1.33 bits per heavy atom. The van der Waals surface area contributed by atoms with Crippen molar-refractivity contribution in [1.29, 1.82) is 0 Å². The van der Waals surface area contributed by atoms with Crippen molar-refractivity contribution in [1.82, 2.24) is 0 Å². The van der Waals surface area contributed by atoms with E-state index in [0.29, 0.717) is 0 Å². The maximum atomic E-state index is 12.3. The zero-order valence-electron chi connectivity index (χ0n) is 7.97. The van der Waals surface area contributed by atoms with E-state index in [1.54, 1.807) is 0 Å². The molecule has 1 aromatic rings. The molecule has 0 saturated heterocycles. The van der Waals surface area contributed by atoms with Gasteiger partial charge in [-0.3, -0.25) is 0 Å². The number of alkyl halides is 3. The highest BCUT2D eigenvalue weighted by Gasteiger charge is 2.40. The highest BCUT2D eigenvalue weighted by molar-refractivity contribution is 5.59. The van der Waals surface area contributed by atoms with Crippen LogP contribution in [0.2, 0.25) is 0 Å². The first kappa shape index (κ1) is 11.6. The Morgan fingerprint density at radius 2 is 1.87 bits per heavy atom. The van der Waals surface area contributed by atoms with Gasteiger partial charge in [0.05, 0.1) is 5.69 Å². The number of aromatic hydroxyl groups is 1. The van der Waals surface area contributed by atoms with Crippen molar-refractivity contribution >= 4 is 5.69 Å². The molecule has 84 valence electrons. The van der Waals surface area contributed by atoms with Crippen LogP contribution in [0.25, 0.3) is 0 Å². The summed E-state index contributed by atoms with van der Waals surface area (Å²) in [7, 11) is 0.